The summed E-state index contributed by atoms with van der Waals surface area (Å²) in [4.78, 5) is 16.0. The van der Waals surface area contributed by atoms with E-state index in [1.54, 1.807) is 13.0 Å². The van der Waals surface area contributed by atoms with Crippen LogP contribution in [0, 0.1) is 0 Å². The Kier molecular flexibility index (Phi) is 6.31. The van der Waals surface area contributed by atoms with Crippen molar-refractivity contribution in [3.05, 3.63) is 23.8 Å². The molecule has 0 saturated heterocycles. The van der Waals surface area contributed by atoms with E-state index < -0.39 is 0 Å². The summed E-state index contributed by atoms with van der Waals surface area (Å²) in [7, 11) is 6.09. The summed E-state index contributed by atoms with van der Waals surface area (Å²) in [5.41, 5.74) is 7.88. The second-order valence-corrected chi connectivity index (χ2v) is 5.04. The molecule has 0 spiro atoms. The molecule has 0 fully saturated rings. The molecule has 0 aliphatic rings. The monoisotopic (exact) mass is 279 g/mol. The molecule has 0 heterocycles. The summed E-state index contributed by atoms with van der Waals surface area (Å²) in [6.45, 7) is 4.03. The number of hydrogen-bond donors (Lipinski definition) is 1. The van der Waals surface area contributed by atoms with Gasteiger partial charge in [0.1, 0.15) is 0 Å². The van der Waals surface area contributed by atoms with Crippen molar-refractivity contribution >= 4 is 17.3 Å². The summed E-state index contributed by atoms with van der Waals surface area (Å²) in [5, 5.41) is 0. The number of esters is 1. The number of nitrogens with zero attached hydrogens (tertiary/aromatic N) is 2. The second-order valence-electron chi connectivity index (χ2n) is 5.04. The Labute approximate surface area is 121 Å². The van der Waals surface area contributed by atoms with Crippen LogP contribution in [0.3, 0.4) is 0 Å². The number of benzene rings is 1. The molecule has 1 rings (SSSR count). The summed E-state index contributed by atoms with van der Waals surface area (Å²) < 4.78 is 5.01. The van der Waals surface area contributed by atoms with Crippen LogP contribution in [0.25, 0.3) is 0 Å². The highest BCUT2D eigenvalue weighted by Crippen LogP contribution is 2.26. The third-order valence-electron chi connectivity index (χ3n) is 3.09. The highest BCUT2D eigenvalue weighted by molar-refractivity contribution is 5.98. The van der Waals surface area contributed by atoms with Gasteiger partial charge in [-0.1, -0.05) is 6.07 Å². The number of anilines is 2. The van der Waals surface area contributed by atoms with E-state index >= 15 is 0 Å². The Morgan fingerprint density at radius 2 is 1.95 bits per heavy atom. The van der Waals surface area contributed by atoms with Crippen LogP contribution in [0.15, 0.2) is 18.2 Å². The predicted molar refractivity (Wildman–Crippen MR) is 83.3 cm³/mol. The number of carbonyl (C=O) groups excluding carboxylic acids is 1. The third kappa shape index (κ3) is 4.42. The molecule has 0 aliphatic heterocycles. The zero-order valence-corrected chi connectivity index (χ0v) is 12.8. The Balaban J connectivity index is 2.80. The lowest BCUT2D eigenvalue weighted by Crippen LogP contribution is -2.24. The highest BCUT2D eigenvalue weighted by Gasteiger charge is 2.15. The van der Waals surface area contributed by atoms with Gasteiger partial charge in [0.05, 0.1) is 23.5 Å². The first-order valence-corrected chi connectivity index (χ1v) is 6.88. The van der Waals surface area contributed by atoms with Gasteiger partial charge < -0.3 is 20.3 Å². The summed E-state index contributed by atoms with van der Waals surface area (Å²) >= 11 is 0. The van der Waals surface area contributed by atoms with Gasteiger partial charge in [0.2, 0.25) is 0 Å². The van der Waals surface area contributed by atoms with E-state index in [-0.39, 0.29) is 5.97 Å². The first-order chi connectivity index (χ1) is 9.47. The Hall–Kier alpha value is -1.75. The van der Waals surface area contributed by atoms with E-state index in [0.717, 1.165) is 25.2 Å². The molecule has 20 heavy (non-hydrogen) atoms. The van der Waals surface area contributed by atoms with Crippen molar-refractivity contribution in [3.63, 3.8) is 0 Å². The van der Waals surface area contributed by atoms with Gasteiger partial charge in [-0.2, -0.15) is 0 Å². The minimum absolute atomic E-state index is 0.348. The lowest BCUT2D eigenvalue weighted by molar-refractivity contribution is 0.0527. The average Bonchev–Trinajstić information content (AvgIpc) is 2.38. The fraction of sp³-hybridized carbons (Fsp3) is 0.533. The summed E-state index contributed by atoms with van der Waals surface area (Å²) in [5.74, 6) is -0.367. The van der Waals surface area contributed by atoms with Crippen molar-refractivity contribution in [2.45, 2.75) is 13.3 Å². The van der Waals surface area contributed by atoms with Gasteiger partial charge in [-0.25, -0.2) is 4.79 Å². The van der Waals surface area contributed by atoms with E-state index in [2.05, 4.69) is 23.9 Å². The van der Waals surface area contributed by atoms with Crippen LogP contribution in [-0.2, 0) is 4.74 Å². The molecule has 112 valence electrons. The van der Waals surface area contributed by atoms with Gasteiger partial charge >= 0.3 is 5.97 Å². The molecule has 0 atom stereocenters. The van der Waals surface area contributed by atoms with Gasteiger partial charge in [-0.05, 0) is 46.1 Å². The number of para-hydroxylation sites is 1. The summed E-state index contributed by atoms with van der Waals surface area (Å²) in [6, 6.07) is 5.46. The average molecular weight is 279 g/mol. The quantitative estimate of drug-likeness (QED) is 0.609. The van der Waals surface area contributed by atoms with Crippen LogP contribution in [0.1, 0.15) is 23.7 Å². The number of carbonyl (C=O) groups is 1. The molecule has 1 aromatic rings. The van der Waals surface area contributed by atoms with Crippen molar-refractivity contribution in [1.29, 1.82) is 0 Å². The highest BCUT2D eigenvalue weighted by atomic mass is 16.5. The Morgan fingerprint density at radius 1 is 1.25 bits per heavy atom. The lowest BCUT2D eigenvalue weighted by atomic mass is 10.1. The molecular weight excluding hydrogens is 254 g/mol. The number of ether oxygens (including phenoxy) is 1. The Morgan fingerprint density at radius 3 is 2.55 bits per heavy atom. The van der Waals surface area contributed by atoms with Crippen molar-refractivity contribution in [1.82, 2.24) is 4.90 Å². The normalized spacial score (nSPS) is 10.7. The standard InChI is InChI=1S/C15H25N3O2/c1-5-20-15(19)12-8-6-9-13(14(12)16)18(4)11-7-10-17(2)3/h6,8-9H,5,7,10-11,16H2,1-4H3. The molecule has 0 saturated carbocycles. The molecule has 0 amide bonds. The zero-order valence-electron chi connectivity index (χ0n) is 12.8. The first kappa shape index (κ1) is 16.3. The fourth-order valence-corrected chi connectivity index (χ4v) is 2.02. The number of nitrogens with two attached hydrogens (primary N) is 1. The number of hydrogen-bond acceptors (Lipinski definition) is 5. The topological polar surface area (TPSA) is 58.8 Å². The predicted octanol–water partition coefficient (Wildman–Crippen LogP) is 1.83. The van der Waals surface area contributed by atoms with Crippen LogP contribution in [0.5, 0.6) is 0 Å². The van der Waals surface area contributed by atoms with Crippen molar-refractivity contribution in [3.8, 4) is 0 Å². The van der Waals surface area contributed by atoms with Gasteiger partial charge in [0.25, 0.3) is 0 Å². The van der Waals surface area contributed by atoms with Gasteiger partial charge in [0.15, 0.2) is 0 Å². The van der Waals surface area contributed by atoms with Crippen molar-refractivity contribution in [2.75, 3.05) is 51.5 Å². The SMILES string of the molecule is CCOC(=O)c1cccc(N(C)CCCN(C)C)c1N. The van der Waals surface area contributed by atoms with Crippen LogP contribution in [0.4, 0.5) is 11.4 Å². The van der Waals surface area contributed by atoms with Crippen molar-refractivity contribution in [2.24, 2.45) is 0 Å². The molecule has 1 aromatic carbocycles. The maximum Gasteiger partial charge on any atom is 0.340 e. The van der Waals surface area contributed by atoms with E-state index in [1.165, 1.54) is 0 Å². The second kappa shape index (κ2) is 7.75. The first-order valence-electron chi connectivity index (χ1n) is 6.88. The maximum atomic E-state index is 11.8. The number of nitrogen functional groups attached to an aromatic ring is 1. The fourth-order valence-electron chi connectivity index (χ4n) is 2.02. The summed E-state index contributed by atoms with van der Waals surface area (Å²) in [6.07, 6.45) is 1.03. The minimum Gasteiger partial charge on any atom is -0.462 e. The van der Waals surface area contributed by atoms with Crippen LogP contribution in [0.2, 0.25) is 0 Å². The Bertz CT molecular complexity index is 447. The van der Waals surface area contributed by atoms with Gasteiger partial charge in [-0.3, -0.25) is 0 Å². The minimum atomic E-state index is -0.367. The van der Waals surface area contributed by atoms with Crippen LogP contribution >= 0.6 is 0 Å². The van der Waals surface area contributed by atoms with Gasteiger partial charge in [-0.15, -0.1) is 0 Å². The third-order valence-corrected chi connectivity index (χ3v) is 3.09. The smallest absolute Gasteiger partial charge is 0.340 e. The molecule has 0 radical (unpaired) electrons. The molecule has 5 heteroatoms. The largest absolute Gasteiger partial charge is 0.462 e. The molecular formula is C15H25N3O2. The molecule has 5 nitrogen and oxygen atoms in total. The van der Waals surface area contributed by atoms with Crippen LogP contribution < -0.4 is 10.6 Å². The molecule has 0 aliphatic carbocycles. The van der Waals surface area contributed by atoms with E-state index in [0.29, 0.717) is 17.9 Å². The van der Waals surface area contributed by atoms with E-state index in [1.807, 2.05) is 19.2 Å². The van der Waals surface area contributed by atoms with E-state index in [4.69, 9.17) is 10.5 Å². The molecule has 0 aromatic heterocycles. The lowest BCUT2D eigenvalue weighted by Gasteiger charge is -2.23. The van der Waals surface area contributed by atoms with Gasteiger partial charge in [0, 0.05) is 13.6 Å². The maximum absolute atomic E-state index is 11.8. The van der Waals surface area contributed by atoms with E-state index in [9.17, 15) is 4.79 Å². The van der Waals surface area contributed by atoms with Crippen molar-refractivity contribution < 1.29 is 9.53 Å². The molecule has 0 unspecified atom stereocenters. The zero-order chi connectivity index (χ0) is 15.1. The van der Waals surface area contributed by atoms with Crippen LogP contribution in [-0.4, -0.2) is 51.7 Å². The number of rotatable bonds is 7. The molecule has 2 N–H and O–H groups in total. The molecule has 0 bridgehead atoms.